The fraction of sp³-hybridized carbons (Fsp3) is 0.188. The third kappa shape index (κ3) is 2.85. The molecule has 0 saturated carbocycles. The van der Waals surface area contributed by atoms with E-state index in [4.69, 9.17) is 21.9 Å². The van der Waals surface area contributed by atoms with E-state index in [1.165, 1.54) is 0 Å². The van der Waals surface area contributed by atoms with Gasteiger partial charge >= 0.3 is 0 Å². The summed E-state index contributed by atoms with van der Waals surface area (Å²) in [6.07, 6.45) is 1.98. The van der Waals surface area contributed by atoms with Gasteiger partial charge in [0.05, 0.1) is 31.8 Å². The number of furan rings is 1. The van der Waals surface area contributed by atoms with Crippen molar-refractivity contribution in [3.63, 3.8) is 0 Å². The number of hydrogen-bond donors (Lipinski definition) is 0. The topological polar surface area (TPSA) is 59.7 Å². The monoisotopic (exact) mass is 310 g/mol. The molecule has 3 rings (SSSR count). The van der Waals surface area contributed by atoms with Crippen LogP contribution in [0.3, 0.4) is 0 Å². The highest BCUT2D eigenvalue weighted by atomic mass is 32.1. The molecule has 0 aliphatic rings. The fourth-order valence-electron chi connectivity index (χ4n) is 2.24. The second kappa shape index (κ2) is 6.41. The molecule has 2 heterocycles. The molecule has 6 heteroatoms. The van der Waals surface area contributed by atoms with Crippen molar-refractivity contribution < 1.29 is 4.42 Å². The van der Waals surface area contributed by atoms with Crippen LogP contribution in [-0.2, 0) is 13.1 Å². The zero-order valence-electron chi connectivity index (χ0n) is 11.8. The van der Waals surface area contributed by atoms with Gasteiger partial charge in [-0.05, 0) is 29.9 Å². The average Bonchev–Trinajstić information content (AvgIpc) is 3.17. The van der Waals surface area contributed by atoms with Gasteiger partial charge in [0.1, 0.15) is 0 Å². The van der Waals surface area contributed by atoms with Gasteiger partial charge in [0, 0.05) is 0 Å². The highest BCUT2D eigenvalue weighted by Gasteiger charge is 2.15. The highest BCUT2D eigenvalue weighted by molar-refractivity contribution is 7.71. The van der Waals surface area contributed by atoms with Gasteiger partial charge in [0.25, 0.3) is 0 Å². The number of hydrogen-bond acceptors (Lipinski definition) is 4. The summed E-state index contributed by atoms with van der Waals surface area (Å²) in [5.41, 5.74) is 1.13. The second-order valence-corrected chi connectivity index (χ2v) is 5.15. The van der Waals surface area contributed by atoms with Crippen molar-refractivity contribution >= 4 is 12.2 Å². The first-order chi connectivity index (χ1) is 10.8. The lowest BCUT2D eigenvalue weighted by atomic mass is 10.2. The van der Waals surface area contributed by atoms with Gasteiger partial charge in [-0.2, -0.15) is 5.26 Å². The molecule has 22 heavy (non-hydrogen) atoms. The molecule has 110 valence electrons. The number of rotatable bonds is 5. The molecule has 0 unspecified atom stereocenters. The molecule has 0 saturated heterocycles. The first kappa shape index (κ1) is 14.3. The maximum Gasteiger partial charge on any atom is 0.198 e. The molecule has 3 aromatic rings. The first-order valence-corrected chi connectivity index (χ1v) is 7.33. The minimum Gasteiger partial charge on any atom is -0.461 e. The van der Waals surface area contributed by atoms with Crippen LogP contribution in [0.4, 0.5) is 0 Å². The van der Waals surface area contributed by atoms with Crippen LogP contribution in [0, 0.1) is 16.1 Å². The summed E-state index contributed by atoms with van der Waals surface area (Å²) in [7, 11) is 0. The largest absolute Gasteiger partial charge is 0.461 e. The molecule has 0 N–H and O–H groups in total. The van der Waals surface area contributed by atoms with Crippen LogP contribution in [-0.4, -0.2) is 14.3 Å². The van der Waals surface area contributed by atoms with Crippen molar-refractivity contribution in [2.45, 2.75) is 19.5 Å². The summed E-state index contributed by atoms with van der Waals surface area (Å²) < 4.78 is 9.66. The number of benzene rings is 1. The Kier molecular flexibility index (Phi) is 4.17. The predicted molar refractivity (Wildman–Crippen MR) is 84.5 cm³/mol. The molecule has 0 radical (unpaired) electrons. The van der Waals surface area contributed by atoms with E-state index in [0.717, 1.165) is 5.56 Å². The lowest BCUT2D eigenvalue weighted by Gasteiger charge is -2.05. The highest BCUT2D eigenvalue weighted by Crippen LogP contribution is 2.20. The normalized spacial score (nSPS) is 10.5. The zero-order valence-corrected chi connectivity index (χ0v) is 12.7. The predicted octanol–water partition coefficient (Wildman–Crippen LogP) is 3.64. The van der Waals surface area contributed by atoms with E-state index in [1.54, 1.807) is 10.9 Å². The molecule has 0 spiro atoms. The lowest BCUT2D eigenvalue weighted by molar-refractivity contribution is 0.569. The Morgan fingerprint density at radius 1 is 1.18 bits per heavy atom. The summed E-state index contributed by atoms with van der Waals surface area (Å²) in [6, 6.07) is 15.8. The number of nitrogens with zero attached hydrogens (tertiary/aromatic N) is 4. The number of aryl methyl sites for hydroxylation is 1. The van der Waals surface area contributed by atoms with Crippen LogP contribution >= 0.6 is 12.2 Å². The Bertz CT molecular complexity index is 841. The molecule has 0 bridgehead atoms. The van der Waals surface area contributed by atoms with Crippen LogP contribution in [0.2, 0.25) is 0 Å². The van der Waals surface area contributed by atoms with Gasteiger partial charge in [0.2, 0.25) is 0 Å². The van der Waals surface area contributed by atoms with Gasteiger partial charge in [-0.3, -0.25) is 4.57 Å². The number of nitriles is 1. The van der Waals surface area contributed by atoms with Crippen molar-refractivity contribution in [2.24, 2.45) is 0 Å². The summed E-state index contributed by atoms with van der Waals surface area (Å²) >= 11 is 5.51. The average molecular weight is 310 g/mol. The van der Waals surface area contributed by atoms with E-state index < -0.39 is 0 Å². The van der Waals surface area contributed by atoms with Crippen molar-refractivity contribution in [1.82, 2.24) is 14.3 Å². The van der Waals surface area contributed by atoms with E-state index in [0.29, 0.717) is 35.9 Å². The smallest absolute Gasteiger partial charge is 0.198 e. The third-order valence-corrected chi connectivity index (χ3v) is 3.71. The molecular formula is C16H14N4OS. The van der Waals surface area contributed by atoms with E-state index >= 15 is 0 Å². The second-order valence-electron chi connectivity index (χ2n) is 4.79. The van der Waals surface area contributed by atoms with Crippen LogP contribution in [0.25, 0.3) is 11.6 Å². The summed E-state index contributed by atoms with van der Waals surface area (Å²) in [5, 5.41) is 13.3. The molecule has 0 amide bonds. The first-order valence-electron chi connectivity index (χ1n) is 6.92. The Balaban J connectivity index is 2.04. The van der Waals surface area contributed by atoms with Gasteiger partial charge in [-0.1, -0.05) is 30.3 Å². The maximum absolute atomic E-state index is 8.76. The fourth-order valence-corrected chi connectivity index (χ4v) is 2.52. The molecule has 0 fully saturated rings. The van der Waals surface area contributed by atoms with E-state index in [2.05, 4.69) is 11.2 Å². The van der Waals surface area contributed by atoms with E-state index in [9.17, 15) is 0 Å². The van der Waals surface area contributed by atoms with Crippen LogP contribution in [0.5, 0.6) is 0 Å². The van der Waals surface area contributed by atoms with Gasteiger partial charge in [-0.15, -0.1) is 5.10 Å². The van der Waals surface area contributed by atoms with E-state index in [1.807, 2.05) is 47.0 Å². The van der Waals surface area contributed by atoms with Crippen LogP contribution in [0.15, 0.2) is 53.1 Å². The summed E-state index contributed by atoms with van der Waals surface area (Å²) in [4.78, 5) is 0. The lowest BCUT2D eigenvalue weighted by Crippen LogP contribution is -2.04. The quantitative estimate of drug-likeness (QED) is 0.675. The van der Waals surface area contributed by atoms with Gasteiger partial charge in [-0.25, -0.2) is 4.68 Å². The molecule has 0 aliphatic carbocycles. The van der Waals surface area contributed by atoms with Crippen molar-refractivity contribution in [3.8, 4) is 17.7 Å². The maximum atomic E-state index is 8.76. The minimum atomic E-state index is 0.369. The van der Waals surface area contributed by atoms with Gasteiger partial charge in [0.15, 0.2) is 16.4 Å². The zero-order chi connectivity index (χ0) is 15.4. The minimum absolute atomic E-state index is 0.369. The Morgan fingerprint density at radius 2 is 2.00 bits per heavy atom. The molecule has 0 aliphatic heterocycles. The Hall–Kier alpha value is -2.65. The molecular weight excluding hydrogens is 296 g/mol. The molecule has 5 nitrogen and oxygen atoms in total. The Labute approximate surface area is 133 Å². The number of aromatic nitrogens is 3. The van der Waals surface area contributed by atoms with Crippen molar-refractivity contribution in [1.29, 1.82) is 5.26 Å². The molecule has 2 aromatic heterocycles. The Morgan fingerprint density at radius 3 is 2.68 bits per heavy atom. The SMILES string of the molecule is N#CCCn1nc(-c2ccco2)n(Cc2ccccc2)c1=S. The van der Waals surface area contributed by atoms with Crippen molar-refractivity contribution in [3.05, 3.63) is 59.1 Å². The van der Waals surface area contributed by atoms with Crippen LogP contribution < -0.4 is 0 Å². The summed E-state index contributed by atoms with van der Waals surface area (Å²) in [6.45, 7) is 1.09. The van der Waals surface area contributed by atoms with Crippen molar-refractivity contribution in [2.75, 3.05) is 0 Å². The van der Waals surface area contributed by atoms with E-state index in [-0.39, 0.29) is 0 Å². The van der Waals surface area contributed by atoms with Crippen LogP contribution in [0.1, 0.15) is 12.0 Å². The molecule has 1 aromatic carbocycles. The summed E-state index contributed by atoms with van der Waals surface area (Å²) in [5.74, 6) is 1.34. The standard InChI is InChI=1S/C16H14N4OS/c17-9-5-10-20-16(22)19(12-13-6-2-1-3-7-13)15(18-20)14-8-4-11-21-14/h1-4,6-8,11H,5,10,12H2. The molecule has 0 atom stereocenters. The third-order valence-electron chi connectivity index (χ3n) is 3.28. The van der Waals surface area contributed by atoms with Gasteiger partial charge < -0.3 is 4.42 Å².